The zero-order valence-electron chi connectivity index (χ0n) is 29.0. The Labute approximate surface area is 287 Å². The number of methoxy groups -OCH3 is 1. The largest absolute Gasteiger partial charge is 0.496 e. The number of piperidine rings is 1. The zero-order valence-corrected chi connectivity index (χ0v) is 29.0. The maximum Gasteiger partial charge on any atom is 0.261 e. The number of anilines is 2. The second-order valence-corrected chi connectivity index (χ2v) is 14.3. The summed E-state index contributed by atoms with van der Waals surface area (Å²) < 4.78 is 23.6. The lowest BCUT2D eigenvalue weighted by atomic mass is 9.83. The van der Waals surface area contributed by atoms with Crippen LogP contribution in [-0.4, -0.2) is 105 Å². The van der Waals surface area contributed by atoms with Crippen molar-refractivity contribution in [3.8, 4) is 17.0 Å². The van der Waals surface area contributed by atoms with Gasteiger partial charge >= 0.3 is 0 Å². The molecule has 4 aromatic rings. The van der Waals surface area contributed by atoms with Crippen molar-refractivity contribution in [2.24, 2.45) is 0 Å². The highest BCUT2D eigenvalue weighted by Crippen LogP contribution is 2.40. The Morgan fingerprint density at radius 3 is 2.45 bits per heavy atom. The molecule has 2 N–H and O–H groups in total. The van der Waals surface area contributed by atoms with Crippen LogP contribution >= 0.6 is 0 Å². The second kappa shape index (κ2) is 13.6. The van der Waals surface area contributed by atoms with Crippen molar-refractivity contribution in [2.75, 3.05) is 63.6 Å². The van der Waals surface area contributed by atoms with E-state index < -0.39 is 17.3 Å². The molecule has 12 heteroatoms. The molecule has 49 heavy (non-hydrogen) atoms. The van der Waals surface area contributed by atoms with E-state index in [1.54, 1.807) is 19.2 Å². The summed E-state index contributed by atoms with van der Waals surface area (Å²) in [4.78, 5) is 34.8. The van der Waals surface area contributed by atoms with E-state index in [0.29, 0.717) is 41.8 Å². The molecular formula is C37H47FN8O3. The van der Waals surface area contributed by atoms with Crippen molar-refractivity contribution in [1.82, 2.24) is 29.3 Å². The molecule has 1 aliphatic carbocycles. The van der Waals surface area contributed by atoms with Crippen molar-refractivity contribution in [3.05, 3.63) is 59.8 Å². The van der Waals surface area contributed by atoms with Gasteiger partial charge in [-0.15, -0.1) is 0 Å². The van der Waals surface area contributed by atoms with E-state index in [2.05, 4.69) is 53.7 Å². The average Bonchev–Trinajstić information content (AvgIpc) is 3.46. The van der Waals surface area contributed by atoms with Gasteiger partial charge in [-0.05, 0) is 89.8 Å². The number of nitrogens with zero attached hydrogens (tertiary/aromatic N) is 7. The van der Waals surface area contributed by atoms with E-state index in [1.165, 1.54) is 19.4 Å². The Morgan fingerprint density at radius 1 is 1.00 bits per heavy atom. The molecule has 260 valence electrons. The van der Waals surface area contributed by atoms with Gasteiger partial charge in [-0.3, -0.25) is 20.0 Å². The summed E-state index contributed by atoms with van der Waals surface area (Å²) in [5.74, 6) is -0.592. The molecule has 7 rings (SSSR count). The monoisotopic (exact) mass is 670 g/mol. The lowest BCUT2D eigenvalue weighted by Crippen LogP contribution is -2.52. The molecular weight excluding hydrogens is 623 g/mol. The number of piperazine rings is 1. The molecule has 3 aliphatic rings. The van der Waals surface area contributed by atoms with Gasteiger partial charge in [-0.25, -0.2) is 14.4 Å². The van der Waals surface area contributed by atoms with Crippen LogP contribution in [0, 0.1) is 12.7 Å². The van der Waals surface area contributed by atoms with E-state index >= 15 is 4.39 Å². The van der Waals surface area contributed by atoms with Crippen LogP contribution in [0.5, 0.6) is 5.75 Å². The first-order chi connectivity index (χ1) is 23.6. The highest BCUT2D eigenvalue weighted by atomic mass is 19.1. The number of aryl methyl sites for hydroxylation is 1. The Bertz CT molecular complexity index is 1820. The van der Waals surface area contributed by atoms with Gasteiger partial charge in [0.25, 0.3) is 5.91 Å². The van der Waals surface area contributed by atoms with Gasteiger partial charge in [-0.2, -0.15) is 0 Å². The number of aromatic nitrogens is 4. The molecule has 0 spiro atoms. The number of nitrogens with one attached hydrogen (secondary N) is 1. The van der Waals surface area contributed by atoms with Gasteiger partial charge in [0.1, 0.15) is 11.4 Å². The maximum atomic E-state index is 16.1. The number of ether oxygens (including phenoxy) is 1. The first kappa shape index (κ1) is 33.4. The van der Waals surface area contributed by atoms with Crippen LogP contribution in [0.25, 0.3) is 22.3 Å². The lowest BCUT2D eigenvalue weighted by Gasteiger charge is -2.42. The molecule has 0 radical (unpaired) electrons. The Hall–Kier alpha value is -4.13. The third-order valence-electron chi connectivity index (χ3n) is 10.8. The van der Waals surface area contributed by atoms with Crippen LogP contribution in [0.4, 0.5) is 16.0 Å². The summed E-state index contributed by atoms with van der Waals surface area (Å²) in [6.07, 6.45) is 8.03. The molecule has 1 aromatic carbocycles. The fourth-order valence-corrected chi connectivity index (χ4v) is 7.80. The number of hydrogen-bond acceptors (Lipinski definition) is 9. The number of halogens is 1. The van der Waals surface area contributed by atoms with Gasteiger partial charge in [0, 0.05) is 75.1 Å². The Kier molecular flexibility index (Phi) is 9.29. The number of hydrogen-bond donors (Lipinski definition) is 2. The number of benzene rings is 1. The number of pyridine rings is 2. The smallest absolute Gasteiger partial charge is 0.261 e. The zero-order chi connectivity index (χ0) is 34.3. The number of carbonyl (C=O) groups excluding carboxylic acids is 1. The van der Waals surface area contributed by atoms with Gasteiger partial charge in [-0.1, -0.05) is 0 Å². The SMILES string of the molecule is COc1ccncc1-c1nc(C)cc(C(=O)Nc2nc3ccc(N4CCC(N5CCN(C)CC5)CC4)cc3n2[C@H]2CC[C@@](C)(O)CC2)c1F. The molecule has 3 fully saturated rings. The number of rotatable bonds is 7. The van der Waals surface area contributed by atoms with Crippen molar-refractivity contribution in [3.63, 3.8) is 0 Å². The van der Waals surface area contributed by atoms with Crippen LogP contribution in [0.2, 0.25) is 0 Å². The lowest BCUT2D eigenvalue weighted by molar-refractivity contribution is 0.0106. The number of aliphatic hydroxyl groups is 1. The standard InChI is InChI=1S/C37H47FN8O3/c1-24-21-28(33(38)34(40-24)29-23-39-14-9-32(29)49-4)35(47)42-36-41-30-6-5-27(22-31(30)46(36)26-7-12-37(2,48)13-8-26)44-15-10-25(11-16-44)45-19-17-43(3)18-20-45/h5-6,9,14,21-23,25-26,48H,7-8,10-13,15-20H2,1-4H3,(H,41,42,47)/t26-,37+. The second-order valence-electron chi connectivity index (χ2n) is 14.3. The number of imidazole rings is 1. The predicted molar refractivity (Wildman–Crippen MR) is 189 cm³/mol. The molecule has 2 aliphatic heterocycles. The molecule has 0 bridgehead atoms. The fraction of sp³-hybridized carbons (Fsp3) is 0.514. The van der Waals surface area contributed by atoms with Crippen molar-refractivity contribution in [2.45, 2.75) is 70.1 Å². The minimum Gasteiger partial charge on any atom is -0.496 e. The van der Waals surface area contributed by atoms with E-state index in [0.717, 1.165) is 81.7 Å². The number of carbonyl (C=O) groups is 1. The number of likely N-dealkylation sites (N-methyl/N-ethyl adjacent to an activating group) is 1. The van der Waals surface area contributed by atoms with Crippen molar-refractivity contribution in [1.29, 1.82) is 0 Å². The highest BCUT2D eigenvalue weighted by molar-refractivity contribution is 6.05. The third kappa shape index (κ3) is 6.86. The van der Waals surface area contributed by atoms with Crippen molar-refractivity contribution >= 4 is 28.6 Å². The Balaban J connectivity index is 1.19. The predicted octanol–water partition coefficient (Wildman–Crippen LogP) is 5.28. The van der Waals surface area contributed by atoms with Crippen LogP contribution in [0.3, 0.4) is 0 Å². The summed E-state index contributed by atoms with van der Waals surface area (Å²) in [6.45, 7) is 10.1. The van der Waals surface area contributed by atoms with Crippen LogP contribution in [0.15, 0.2) is 42.7 Å². The Morgan fingerprint density at radius 2 is 1.73 bits per heavy atom. The molecule has 0 unspecified atom stereocenters. The highest BCUT2D eigenvalue weighted by Gasteiger charge is 2.33. The first-order valence-electron chi connectivity index (χ1n) is 17.5. The number of amides is 1. The van der Waals surface area contributed by atoms with E-state index in [9.17, 15) is 9.90 Å². The van der Waals surface area contributed by atoms with Crippen molar-refractivity contribution < 1.29 is 19.0 Å². The molecule has 1 amide bonds. The van der Waals surface area contributed by atoms with E-state index in [-0.39, 0.29) is 17.3 Å². The molecule has 2 saturated heterocycles. The van der Waals surface area contributed by atoms with Gasteiger partial charge < -0.3 is 24.2 Å². The molecule has 0 atom stereocenters. The summed E-state index contributed by atoms with van der Waals surface area (Å²) >= 11 is 0. The van der Waals surface area contributed by atoms with Crippen LogP contribution in [-0.2, 0) is 0 Å². The van der Waals surface area contributed by atoms with Gasteiger partial charge in [0.15, 0.2) is 5.82 Å². The van der Waals surface area contributed by atoms with Gasteiger partial charge in [0.05, 0.1) is 34.9 Å². The quantitative estimate of drug-likeness (QED) is 0.271. The molecule has 5 heterocycles. The number of fused-ring (bicyclic) bond motifs is 1. The third-order valence-corrected chi connectivity index (χ3v) is 10.8. The average molecular weight is 671 g/mol. The summed E-state index contributed by atoms with van der Waals surface area (Å²) in [6, 6.07) is 10.0. The molecule has 3 aromatic heterocycles. The molecule has 1 saturated carbocycles. The maximum absolute atomic E-state index is 16.1. The van der Waals surface area contributed by atoms with E-state index in [4.69, 9.17) is 9.72 Å². The minimum absolute atomic E-state index is 0.000787. The fourth-order valence-electron chi connectivity index (χ4n) is 7.80. The van der Waals surface area contributed by atoms with E-state index in [1.807, 2.05) is 13.0 Å². The molecule has 11 nitrogen and oxygen atoms in total. The van der Waals surface area contributed by atoms with Gasteiger partial charge in [0.2, 0.25) is 5.95 Å². The first-order valence-corrected chi connectivity index (χ1v) is 17.5. The summed E-state index contributed by atoms with van der Waals surface area (Å²) in [5, 5.41) is 13.7. The summed E-state index contributed by atoms with van der Waals surface area (Å²) in [5.41, 5.74) is 2.80. The van der Waals surface area contributed by atoms with Crippen LogP contribution < -0.4 is 15.0 Å². The minimum atomic E-state index is -0.756. The normalized spacial score (nSPS) is 22.8. The van der Waals surface area contributed by atoms with Crippen LogP contribution in [0.1, 0.15) is 67.5 Å². The topological polar surface area (TPSA) is 112 Å². The summed E-state index contributed by atoms with van der Waals surface area (Å²) in [7, 11) is 3.69.